The van der Waals surface area contributed by atoms with Crippen LogP contribution in [0.5, 0.6) is 5.75 Å². The summed E-state index contributed by atoms with van der Waals surface area (Å²) in [6.07, 6.45) is 1.71. The van der Waals surface area contributed by atoms with Gasteiger partial charge >= 0.3 is 0 Å². The van der Waals surface area contributed by atoms with Crippen molar-refractivity contribution >= 4 is 39.1 Å². The minimum absolute atomic E-state index is 0.131. The number of methoxy groups -OCH3 is 1. The van der Waals surface area contributed by atoms with Gasteiger partial charge in [0.25, 0.3) is 5.91 Å². The second kappa shape index (κ2) is 9.81. The monoisotopic (exact) mass is 536 g/mol. The molecule has 1 N–H and O–H groups in total. The molecule has 8 nitrogen and oxygen atoms in total. The lowest BCUT2D eigenvalue weighted by molar-refractivity contribution is 0.0673. The van der Waals surface area contributed by atoms with Gasteiger partial charge in [-0.25, -0.2) is 13.1 Å². The number of aryl methyl sites for hydroxylation is 1. The molecular formula is C24H26Cl2N4O4S. The third kappa shape index (κ3) is 5.18. The Morgan fingerprint density at radius 1 is 1.26 bits per heavy atom. The van der Waals surface area contributed by atoms with E-state index in [4.69, 9.17) is 33.0 Å². The molecule has 0 spiro atoms. The lowest BCUT2D eigenvalue weighted by Gasteiger charge is -2.33. The van der Waals surface area contributed by atoms with E-state index in [0.29, 0.717) is 29.3 Å². The predicted molar refractivity (Wildman–Crippen MR) is 136 cm³/mol. The lowest BCUT2D eigenvalue weighted by Crippen LogP contribution is -2.39. The molecule has 1 amide bonds. The Hall–Kier alpha value is -2.59. The first-order valence-electron chi connectivity index (χ1n) is 10.9. The maximum absolute atomic E-state index is 13.4. The van der Waals surface area contributed by atoms with Crippen LogP contribution in [0.3, 0.4) is 0 Å². The van der Waals surface area contributed by atoms with Crippen LogP contribution in [0.15, 0.2) is 36.4 Å². The smallest absolute Gasteiger partial charge is 0.256 e. The average Bonchev–Trinajstić information content (AvgIpc) is 3.14. The number of carbonyl (C=O) groups excluding carboxylic acids is 1. The van der Waals surface area contributed by atoms with Crippen LogP contribution in [-0.4, -0.2) is 48.9 Å². The molecule has 0 bridgehead atoms. The van der Waals surface area contributed by atoms with Crippen molar-refractivity contribution in [3.63, 3.8) is 0 Å². The van der Waals surface area contributed by atoms with E-state index >= 15 is 0 Å². The molecule has 1 aliphatic heterocycles. The third-order valence-corrected chi connectivity index (χ3v) is 7.36. The van der Waals surface area contributed by atoms with Crippen molar-refractivity contribution in [2.24, 2.45) is 7.05 Å². The molecule has 1 aromatic heterocycles. The Kier molecular flexibility index (Phi) is 7.15. The second-order valence-corrected chi connectivity index (χ2v) is 11.2. The number of nitrogens with one attached hydrogen (secondary N) is 1. The van der Waals surface area contributed by atoms with Gasteiger partial charge in [-0.05, 0) is 49.2 Å². The van der Waals surface area contributed by atoms with Crippen LogP contribution < -0.4 is 9.46 Å². The number of carbonyl (C=O) groups is 1. The van der Waals surface area contributed by atoms with Gasteiger partial charge < -0.3 is 9.64 Å². The van der Waals surface area contributed by atoms with Crippen molar-refractivity contribution in [3.05, 3.63) is 68.8 Å². The molecule has 1 aliphatic rings. The fourth-order valence-corrected chi connectivity index (χ4v) is 5.45. The van der Waals surface area contributed by atoms with Gasteiger partial charge in [0.1, 0.15) is 5.75 Å². The molecule has 35 heavy (non-hydrogen) atoms. The van der Waals surface area contributed by atoms with Crippen LogP contribution >= 0.6 is 23.2 Å². The van der Waals surface area contributed by atoms with E-state index in [9.17, 15) is 13.2 Å². The van der Waals surface area contributed by atoms with Crippen LogP contribution in [0.2, 0.25) is 10.0 Å². The summed E-state index contributed by atoms with van der Waals surface area (Å²) in [4.78, 5) is 15.2. The number of sulfonamides is 1. The summed E-state index contributed by atoms with van der Waals surface area (Å²) in [6, 6.07) is 10.3. The van der Waals surface area contributed by atoms with Crippen LogP contribution in [0.1, 0.15) is 40.1 Å². The molecule has 186 valence electrons. The van der Waals surface area contributed by atoms with Crippen LogP contribution in [0.25, 0.3) is 11.3 Å². The van der Waals surface area contributed by atoms with Gasteiger partial charge in [-0.3, -0.25) is 9.48 Å². The Bertz CT molecular complexity index is 1400. The normalized spacial score (nSPS) is 15.7. The predicted octanol–water partition coefficient (Wildman–Crippen LogP) is 4.21. The van der Waals surface area contributed by atoms with E-state index in [2.05, 4.69) is 4.72 Å². The van der Waals surface area contributed by atoms with Gasteiger partial charge in [0.2, 0.25) is 10.0 Å². The number of ether oxygens (including phenoxy) is 1. The zero-order chi connectivity index (χ0) is 25.5. The van der Waals surface area contributed by atoms with Crippen molar-refractivity contribution in [2.45, 2.75) is 25.9 Å². The van der Waals surface area contributed by atoms with Crippen LogP contribution in [-0.2, 0) is 30.0 Å². The average molecular weight is 537 g/mol. The summed E-state index contributed by atoms with van der Waals surface area (Å²) in [6.45, 7) is 2.56. The highest BCUT2D eigenvalue weighted by Crippen LogP contribution is 2.38. The van der Waals surface area contributed by atoms with Crippen LogP contribution in [0.4, 0.5) is 0 Å². The fraction of sp³-hybridized carbons (Fsp3) is 0.333. The molecule has 11 heteroatoms. The Labute approximate surface area is 214 Å². The first kappa shape index (κ1) is 25.5. The third-order valence-electron chi connectivity index (χ3n) is 6.09. The summed E-state index contributed by atoms with van der Waals surface area (Å²) in [5, 5.41) is 5.53. The van der Waals surface area contributed by atoms with Crippen molar-refractivity contribution in [2.75, 3.05) is 19.9 Å². The highest BCUT2D eigenvalue weighted by atomic mass is 35.5. The molecule has 0 aliphatic carbocycles. The highest BCUT2D eigenvalue weighted by molar-refractivity contribution is 7.88. The molecule has 0 fully saturated rings. The molecule has 2 aromatic carbocycles. The summed E-state index contributed by atoms with van der Waals surface area (Å²) in [5.41, 5.74) is 4.68. The number of nitrogens with zero attached hydrogens (tertiary/aromatic N) is 3. The summed E-state index contributed by atoms with van der Waals surface area (Å²) >= 11 is 12.8. The molecule has 2 heterocycles. The number of halogens is 2. The van der Waals surface area contributed by atoms with E-state index in [1.54, 1.807) is 33.8 Å². The summed E-state index contributed by atoms with van der Waals surface area (Å²) in [5.74, 6) is 0.265. The second-order valence-electron chi connectivity index (χ2n) is 8.52. The number of fused-ring (bicyclic) bond motifs is 1. The Balaban J connectivity index is 1.68. The molecule has 0 unspecified atom stereocenters. The molecule has 1 atom stereocenters. The van der Waals surface area contributed by atoms with Crippen LogP contribution in [0, 0.1) is 0 Å². The standard InChI is InChI=1S/C24H26Cl2N4O4S/c1-14-22-19(8-9-30(14)24(31)18-6-5-7-20(34-3)21(18)26)23(29(2)28-22)16-10-15(11-17(25)12-16)13-27-35(4,32)33/h5-7,10-12,14,27H,8-9,13H2,1-4H3/t14-/m0/s1. The Morgan fingerprint density at radius 2 is 2.00 bits per heavy atom. The maximum Gasteiger partial charge on any atom is 0.256 e. The number of benzene rings is 2. The van der Waals surface area contributed by atoms with Crippen molar-refractivity contribution in [3.8, 4) is 17.0 Å². The van der Waals surface area contributed by atoms with Gasteiger partial charge in [-0.1, -0.05) is 29.3 Å². The number of amides is 1. The van der Waals surface area contributed by atoms with E-state index < -0.39 is 10.0 Å². The van der Waals surface area contributed by atoms with E-state index in [0.717, 1.165) is 34.3 Å². The molecule has 0 saturated carbocycles. The maximum atomic E-state index is 13.4. The zero-order valence-corrected chi connectivity index (χ0v) is 22.1. The largest absolute Gasteiger partial charge is 0.495 e. The topological polar surface area (TPSA) is 93.5 Å². The molecular weight excluding hydrogens is 511 g/mol. The number of rotatable bonds is 6. The summed E-state index contributed by atoms with van der Waals surface area (Å²) in [7, 11) is 0.0193. The van der Waals surface area contributed by atoms with Gasteiger partial charge in [-0.15, -0.1) is 0 Å². The van der Waals surface area contributed by atoms with Crippen molar-refractivity contribution in [1.29, 1.82) is 0 Å². The molecule has 3 aromatic rings. The van der Waals surface area contributed by atoms with E-state index in [1.165, 1.54) is 7.11 Å². The number of aromatic nitrogens is 2. The minimum atomic E-state index is -3.34. The molecule has 0 saturated heterocycles. The number of hydrogen-bond acceptors (Lipinski definition) is 5. The van der Waals surface area contributed by atoms with Gasteiger partial charge in [0.15, 0.2) is 0 Å². The first-order chi connectivity index (χ1) is 16.5. The zero-order valence-electron chi connectivity index (χ0n) is 19.8. The lowest BCUT2D eigenvalue weighted by atomic mass is 9.94. The van der Waals surface area contributed by atoms with Crippen molar-refractivity contribution < 1.29 is 17.9 Å². The van der Waals surface area contributed by atoms with Gasteiger partial charge in [0.05, 0.1) is 41.4 Å². The molecule has 0 radical (unpaired) electrons. The summed E-state index contributed by atoms with van der Waals surface area (Å²) < 4.78 is 32.6. The SMILES string of the molecule is COc1cccc(C(=O)N2CCc3c(nn(C)c3-c3cc(Cl)cc(CNS(C)(=O)=O)c3)[C@@H]2C)c1Cl. The highest BCUT2D eigenvalue weighted by Gasteiger charge is 2.34. The van der Waals surface area contributed by atoms with Gasteiger partial charge in [0, 0.05) is 36.3 Å². The molecule has 4 rings (SSSR count). The minimum Gasteiger partial charge on any atom is -0.495 e. The Morgan fingerprint density at radius 3 is 2.69 bits per heavy atom. The van der Waals surface area contributed by atoms with Gasteiger partial charge in [-0.2, -0.15) is 5.10 Å². The van der Waals surface area contributed by atoms with Crippen molar-refractivity contribution in [1.82, 2.24) is 19.4 Å². The quantitative estimate of drug-likeness (QED) is 0.509. The van der Waals surface area contributed by atoms with E-state index in [1.807, 2.05) is 26.1 Å². The first-order valence-corrected chi connectivity index (χ1v) is 13.6. The van der Waals surface area contributed by atoms with E-state index in [-0.39, 0.29) is 23.5 Å². The fourth-order valence-electron chi connectivity index (χ4n) is 4.47. The number of hydrogen-bond donors (Lipinski definition) is 1.